The largest absolute Gasteiger partial charge is 0.388 e. The third-order valence-electron chi connectivity index (χ3n) is 1.13. The molecule has 2 heteroatoms. The second-order valence-corrected chi connectivity index (χ2v) is 2.32. The summed E-state index contributed by atoms with van der Waals surface area (Å²) in [7, 11) is 1.89. The van der Waals surface area contributed by atoms with E-state index in [1.165, 1.54) is 0 Å². The lowest BCUT2D eigenvalue weighted by Crippen LogP contribution is -1.85. The lowest BCUT2D eigenvalue weighted by atomic mass is 10.3. The van der Waals surface area contributed by atoms with Gasteiger partial charge in [0.15, 0.2) is 0 Å². The van der Waals surface area contributed by atoms with E-state index < -0.39 is 0 Å². The van der Waals surface area contributed by atoms with Crippen LogP contribution in [-0.2, 0) is 0 Å². The molecule has 1 nitrogen and oxygen atoms in total. The zero-order chi connectivity index (χ0) is 6.69. The van der Waals surface area contributed by atoms with Gasteiger partial charge >= 0.3 is 0 Å². The van der Waals surface area contributed by atoms with Gasteiger partial charge in [-0.05, 0) is 18.2 Å². The normalized spacial score (nSPS) is 9.11. The number of thiol groups is 1. The van der Waals surface area contributed by atoms with Crippen molar-refractivity contribution in [2.45, 2.75) is 4.90 Å². The van der Waals surface area contributed by atoms with Crippen molar-refractivity contribution in [1.29, 1.82) is 0 Å². The minimum absolute atomic E-state index is 0.988. The van der Waals surface area contributed by atoms with Gasteiger partial charge in [0.05, 0.1) is 0 Å². The van der Waals surface area contributed by atoms with Crippen LogP contribution in [-0.4, -0.2) is 7.05 Å². The minimum Gasteiger partial charge on any atom is -0.388 e. The topological polar surface area (TPSA) is 12.0 Å². The van der Waals surface area contributed by atoms with Crippen LogP contribution in [0.3, 0.4) is 0 Å². The van der Waals surface area contributed by atoms with Crippen LogP contribution in [0.2, 0.25) is 0 Å². The summed E-state index contributed by atoms with van der Waals surface area (Å²) >= 11 is 4.17. The standard InChI is InChI=1S/C7H9NS/c1-8-6-3-2-4-7(9)5-6/h2-5,8-9H,1H3. The second kappa shape index (κ2) is 2.78. The molecule has 0 aliphatic heterocycles. The fraction of sp³-hybridized carbons (Fsp3) is 0.143. The maximum absolute atomic E-state index is 4.17. The fourth-order valence-corrected chi connectivity index (χ4v) is 0.887. The van der Waals surface area contributed by atoms with Crippen LogP contribution in [0.25, 0.3) is 0 Å². The summed E-state index contributed by atoms with van der Waals surface area (Å²) in [5.74, 6) is 0. The lowest BCUT2D eigenvalue weighted by Gasteiger charge is -1.97. The quantitative estimate of drug-likeness (QED) is 0.567. The third-order valence-corrected chi connectivity index (χ3v) is 1.41. The first-order valence-electron chi connectivity index (χ1n) is 2.79. The van der Waals surface area contributed by atoms with Gasteiger partial charge in [-0.25, -0.2) is 0 Å². The summed E-state index contributed by atoms with van der Waals surface area (Å²) in [4.78, 5) is 0.988. The number of hydrogen-bond donors (Lipinski definition) is 2. The number of anilines is 1. The molecule has 0 spiro atoms. The number of benzene rings is 1. The molecular weight excluding hydrogens is 130 g/mol. The summed E-state index contributed by atoms with van der Waals surface area (Å²) in [6.07, 6.45) is 0. The monoisotopic (exact) mass is 139 g/mol. The van der Waals surface area contributed by atoms with Crippen molar-refractivity contribution in [1.82, 2.24) is 0 Å². The van der Waals surface area contributed by atoms with Gasteiger partial charge in [-0.1, -0.05) is 6.07 Å². The van der Waals surface area contributed by atoms with E-state index in [-0.39, 0.29) is 0 Å². The number of rotatable bonds is 1. The van der Waals surface area contributed by atoms with Gasteiger partial charge in [-0.3, -0.25) is 0 Å². The molecule has 0 radical (unpaired) electrons. The first-order chi connectivity index (χ1) is 4.33. The van der Waals surface area contributed by atoms with Crippen molar-refractivity contribution >= 4 is 18.3 Å². The van der Waals surface area contributed by atoms with Gasteiger partial charge in [0.25, 0.3) is 0 Å². The molecule has 1 aromatic carbocycles. The van der Waals surface area contributed by atoms with Crippen molar-refractivity contribution < 1.29 is 0 Å². The van der Waals surface area contributed by atoms with Gasteiger partial charge in [0.2, 0.25) is 0 Å². The highest BCUT2D eigenvalue weighted by atomic mass is 32.1. The molecule has 0 saturated heterocycles. The van der Waals surface area contributed by atoms with E-state index in [1.54, 1.807) is 0 Å². The van der Waals surface area contributed by atoms with Gasteiger partial charge in [0, 0.05) is 17.6 Å². The summed E-state index contributed by atoms with van der Waals surface area (Å²) in [5.41, 5.74) is 1.10. The van der Waals surface area contributed by atoms with E-state index in [1.807, 2.05) is 31.3 Å². The van der Waals surface area contributed by atoms with E-state index in [0.29, 0.717) is 0 Å². The second-order valence-electron chi connectivity index (χ2n) is 1.80. The van der Waals surface area contributed by atoms with E-state index in [9.17, 15) is 0 Å². The van der Waals surface area contributed by atoms with Crippen molar-refractivity contribution in [2.24, 2.45) is 0 Å². The molecular formula is C7H9NS. The first-order valence-corrected chi connectivity index (χ1v) is 3.24. The Hall–Kier alpha value is -0.630. The Morgan fingerprint density at radius 1 is 1.44 bits per heavy atom. The molecule has 0 fully saturated rings. The molecule has 0 aliphatic carbocycles. The molecule has 0 unspecified atom stereocenters. The molecule has 0 heterocycles. The summed E-state index contributed by atoms with van der Waals surface area (Å²) < 4.78 is 0. The minimum atomic E-state index is 0.988. The predicted octanol–water partition coefficient (Wildman–Crippen LogP) is 2.02. The molecule has 0 amide bonds. The Kier molecular flexibility index (Phi) is 2.01. The molecule has 0 bridgehead atoms. The molecule has 1 aromatic rings. The number of nitrogens with one attached hydrogen (secondary N) is 1. The average Bonchev–Trinajstić information content (AvgIpc) is 1.88. The van der Waals surface area contributed by atoms with E-state index >= 15 is 0 Å². The van der Waals surface area contributed by atoms with Crippen LogP contribution < -0.4 is 5.32 Å². The average molecular weight is 139 g/mol. The van der Waals surface area contributed by atoms with Crippen molar-refractivity contribution in [3.05, 3.63) is 24.3 Å². The van der Waals surface area contributed by atoms with Crippen LogP contribution in [0.4, 0.5) is 5.69 Å². The highest BCUT2D eigenvalue weighted by Crippen LogP contribution is 2.11. The summed E-state index contributed by atoms with van der Waals surface area (Å²) in [6, 6.07) is 7.89. The molecule has 0 saturated carbocycles. The Labute approximate surface area is 60.5 Å². The van der Waals surface area contributed by atoms with Crippen molar-refractivity contribution in [3.63, 3.8) is 0 Å². The smallest absolute Gasteiger partial charge is 0.0348 e. The van der Waals surface area contributed by atoms with Crippen LogP contribution in [0.1, 0.15) is 0 Å². The molecule has 48 valence electrons. The zero-order valence-corrected chi connectivity index (χ0v) is 6.15. The Balaban J connectivity index is 2.94. The fourth-order valence-electron chi connectivity index (χ4n) is 0.661. The molecule has 1 rings (SSSR count). The maximum Gasteiger partial charge on any atom is 0.0348 e. The highest BCUT2D eigenvalue weighted by Gasteiger charge is 1.85. The SMILES string of the molecule is CNc1cccc(S)c1. The van der Waals surface area contributed by atoms with E-state index in [2.05, 4.69) is 17.9 Å². The Morgan fingerprint density at radius 2 is 2.22 bits per heavy atom. The van der Waals surface area contributed by atoms with Crippen LogP contribution >= 0.6 is 12.6 Å². The molecule has 1 N–H and O–H groups in total. The molecule has 0 atom stereocenters. The van der Waals surface area contributed by atoms with E-state index in [0.717, 1.165) is 10.6 Å². The van der Waals surface area contributed by atoms with Crippen LogP contribution in [0.5, 0.6) is 0 Å². The van der Waals surface area contributed by atoms with Crippen molar-refractivity contribution in [2.75, 3.05) is 12.4 Å². The highest BCUT2D eigenvalue weighted by molar-refractivity contribution is 7.80. The first kappa shape index (κ1) is 6.49. The predicted molar refractivity (Wildman–Crippen MR) is 43.2 cm³/mol. The molecule has 9 heavy (non-hydrogen) atoms. The third kappa shape index (κ3) is 1.64. The Bertz CT molecular complexity index is 198. The molecule has 0 aliphatic rings. The van der Waals surface area contributed by atoms with Gasteiger partial charge in [-0.2, -0.15) is 0 Å². The van der Waals surface area contributed by atoms with Gasteiger partial charge in [-0.15, -0.1) is 12.6 Å². The van der Waals surface area contributed by atoms with Gasteiger partial charge < -0.3 is 5.32 Å². The summed E-state index contributed by atoms with van der Waals surface area (Å²) in [5, 5.41) is 3.02. The van der Waals surface area contributed by atoms with Gasteiger partial charge in [0.1, 0.15) is 0 Å². The number of hydrogen-bond acceptors (Lipinski definition) is 2. The zero-order valence-electron chi connectivity index (χ0n) is 5.26. The van der Waals surface area contributed by atoms with E-state index in [4.69, 9.17) is 0 Å². The molecule has 0 aromatic heterocycles. The van der Waals surface area contributed by atoms with Crippen LogP contribution in [0.15, 0.2) is 29.2 Å². The summed E-state index contributed by atoms with van der Waals surface area (Å²) in [6.45, 7) is 0. The lowest BCUT2D eigenvalue weighted by molar-refractivity contribution is 1.42. The maximum atomic E-state index is 4.17. The van der Waals surface area contributed by atoms with Crippen LogP contribution in [0, 0.1) is 0 Å². The Morgan fingerprint density at radius 3 is 2.67 bits per heavy atom. The van der Waals surface area contributed by atoms with Crippen molar-refractivity contribution in [3.8, 4) is 0 Å².